The lowest BCUT2D eigenvalue weighted by atomic mass is 10.1. The van der Waals surface area contributed by atoms with Crippen molar-refractivity contribution in [2.24, 2.45) is 5.84 Å². The van der Waals surface area contributed by atoms with Crippen LogP contribution in [-0.2, 0) is 16.1 Å². The number of aliphatic carboxylic acids is 1. The first-order valence-electron chi connectivity index (χ1n) is 8.23. The third-order valence-corrected chi connectivity index (χ3v) is 3.68. The lowest BCUT2D eigenvalue weighted by Gasteiger charge is -2.20. The fourth-order valence-corrected chi connectivity index (χ4v) is 2.05. The van der Waals surface area contributed by atoms with Gasteiger partial charge < -0.3 is 10.4 Å². The van der Waals surface area contributed by atoms with Gasteiger partial charge in [0.15, 0.2) is 0 Å². The first-order chi connectivity index (χ1) is 12.7. The van der Waals surface area contributed by atoms with Crippen LogP contribution in [-0.4, -0.2) is 22.0 Å². The summed E-state index contributed by atoms with van der Waals surface area (Å²) >= 11 is 0. The molecule has 0 saturated heterocycles. The van der Waals surface area contributed by atoms with Gasteiger partial charge in [-0.25, -0.2) is 19.4 Å². The van der Waals surface area contributed by atoms with E-state index in [-0.39, 0.29) is 23.6 Å². The van der Waals surface area contributed by atoms with Crippen molar-refractivity contribution in [3.05, 3.63) is 70.6 Å². The van der Waals surface area contributed by atoms with Crippen LogP contribution in [0.15, 0.2) is 59.2 Å². The van der Waals surface area contributed by atoms with Crippen LogP contribution in [0.4, 0.5) is 8.78 Å². The van der Waals surface area contributed by atoms with Crippen molar-refractivity contribution in [2.45, 2.75) is 33.7 Å². The number of nitrogens with zero attached hydrogens (tertiary/aromatic N) is 1. The Bertz CT molecular complexity index is 780. The molecule has 1 aromatic rings. The first-order valence-corrected chi connectivity index (χ1v) is 8.23. The van der Waals surface area contributed by atoms with E-state index in [4.69, 9.17) is 5.84 Å². The van der Waals surface area contributed by atoms with Crippen LogP contribution >= 0.6 is 0 Å². The number of nitrogens with two attached hydrogens (primary N) is 1. The molecule has 27 heavy (non-hydrogen) atoms. The topological polar surface area (TPSA) is 95.7 Å². The summed E-state index contributed by atoms with van der Waals surface area (Å²) in [5.74, 6) is 2.70. The number of halogens is 2. The number of amides is 1. The summed E-state index contributed by atoms with van der Waals surface area (Å²) < 4.78 is 26.3. The molecule has 0 fully saturated rings. The summed E-state index contributed by atoms with van der Waals surface area (Å²) in [6.07, 6.45) is 3.07. The molecule has 1 rings (SSSR count). The van der Waals surface area contributed by atoms with Gasteiger partial charge in [0.05, 0.1) is 5.70 Å². The van der Waals surface area contributed by atoms with Gasteiger partial charge in [-0.3, -0.25) is 9.80 Å². The largest absolute Gasteiger partial charge is 0.477 e. The lowest BCUT2D eigenvalue weighted by molar-refractivity contribution is -0.134. The van der Waals surface area contributed by atoms with E-state index >= 15 is 0 Å². The molecule has 1 amide bonds. The Balaban J connectivity index is 3.06. The Morgan fingerprint density at radius 1 is 1.26 bits per heavy atom. The second-order valence-corrected chi connectivity index (χ2v) is 5.70. The highest BCUT2D eigenvalue weighted by molar-refractivity contribution is 5.98. The molecule has 0 spiro atoms. The third-order valence-electron chi connectivity index (χ3n) is 3.68. The molecule has 1 aromatic carbocycles. The number of nitrogens with one attached hydrogen (secondary N) is 1. The highest BCUT2D eigenvalue weighted by Crippen LogP contribution is 2.16. The molecule has 146 valence electrons. The molecular weight excluding hydrogens is 356 g/mol. The minimum absolute atomic E-state index is 0.0665. The number of rotatable bonds is 8. The SMILES string of the molecule is CC/C=C(/C=C(/C(=O)O)N(N)/C(C)=C(\C)F)C(=O)NCc1ccc(F)cc1. The maximum atomic E-state index is 13.4. The maximum Gasteiger partial charge on any atom is 0.354 e. The molecule has 0 aromatic heterocycles. The predicted molar refractivity (Wildman–Crippen MR) is 97.8 cm³/mol. The van der Waals surface area contributed by atoms with Gasteiger partial charge in [-0.2, -0.15) is 0 Å². The van der Waals surface area contributed by atoms with Crippen molar-refractivity contribution in [1.29, 1.82) is 0 Å². The van der Waals surface area contributed by atoms with Gasteiger partial charge in [-0.15, -0.1) is 0 Å². The van der Waals surface area contributed by atoms with Crippen LogP contribution in [0.3, 0.4) is 0 Å². The smallest absolute Gasteiger partial charge is 0.354 e. The minimum Gasteiger partial charge on any atom is -0.477 e. The second kappa shape index (κ2) is 10.2. The average Bonchev–Trinajstić information content (AvgIpc) is 2.62. The first kappa shape index (κ1) is 22.0. The Labute approximate surface area is 156 Å². The zero-order valence-electron chi connectivity index (χ0n) is 15.4. The Kier molecular flexibility index (Phi) is 8.34. The number of hydrogen-bond donors (Lipinski definition) is 3. The lowest BCUT2D eigenvalue weighted by Crippen LogP contribution is -2.33. The van der Waals surface area contributed by atoms with Crippen molar-refractivity contribution in [1.82, 2.24) is 10.3 Å². The van der Waals surface area contributed by atoms with Gasteiger partial charge in [0.25, 0.3) is 5.91 Å². The molecule has 0 radical (unpaired) electrons. The van der Waals surface area contributed by atoms with Crippen LogP contribution < -0.4 is 11.2 Å². The molecule has 0 heterocycles. The van der Waals surface area contributed by atoms with E-state index in [1.54, 1.807) is 6.92 Å². The highest BCUT2D eigenvalue weighted by atomic mass is 19.1. The van der Waals surface area contributed by atoms with E-state index in [0.29, 0.717) is 17.0 Å². The van der Waals surface area contributed by atoms with Gasteiger partial charge in [-0.05, 0) is 44.0 Å². The van der Waals surface area contributed by atoms with E-state index in [2.05, 4.69) is 5.32 Å². The summed E-state index contributed by atoms with van der Waals surface area (Å²) in [4.78, 5) is 23.9. The number of hydrogen-bond acceptors (Lipinski definition) is 4. The third kappa shape index (κ3) is 6.67. The van der Waals surface area contributed by atoms with Crippen LogP contribution in [0, 0.1) is 5.82 Å². The molecule has 0 bridgehead atoms. The molecule has 0 atom stereocenters. The fraction of sp³-hybridized carbons (Fsp3) is 0.263. The Morgan fingerprint density at radius 3 is 2.33 bits per heavy atom. The molecule has 0 aliphatic heterocycles. The predicted octanol–water partition coefficient (Wildman–Crippen LogP) is 3.14. The summed E-state index contributed by atoms with van der Waals surface area (Å²) in [5.41, 5.74) is 0.194. The molecular formula is C19H23F2N3O3. The van der Waals surface area contributed by atoms with Crippen LogP contribution in [0.2, 0.25) is 0 Å². The summed E-state index contributed by atoms with van der Waals surface area (Å²) in [6.45, 7) is 4.38. The van der Waals surface area contributed by atoms with Gasteiger partial charge >= 0.3 is 5.97 Å². The zero-order chi connectivity index (χ0) is 20.6. The van der Waals surface area contributed by atoms with E-state index in [9.17, 15) is 23.5 Å². The number of benzene rings is 1. The van der Waals surface area contributed by atoms with E-state index < -0.39 is 23.4 Å². The van der Waals surface area contributed by atoms with Crippen LogP contribution in [0.5, 0.6) is 0 Å². The molecule has 4 N–H and O–H groups in total. The fourth-order valence-electron chi connectivity index (χ4n) is 2.05. The molecule has 6 nitrogen and oxygen atoms in total. The van der Waals surface area contributed by atoms with Crippen molar-refractivity contribution in [2.75, 3.05) is 0 Å². The van der Waals surface area contributed by atoms with E-state index in [0.717, 1.165) is 13.0 Å². The monoisotopic (exact) mass is 379 g/mol. The molecule has 0 aliphatic carbocycles. The normalized spacial score (nSPS) is 13.1. The van der Waals surface area contributed by atoms with E-state index in [1.807, 2.05) is 0 Å². The zero-order valence-corrected chi connectivity index (χ0v) is 15.4. The Morgan fingerprint density at radius 2 is 1.85 bits per heavy atom. The second-order valence-electron chi connectivity index (χ2n) is 5.70. The van der Waals surface area contributed by atoms with Gasteiger partial charge in [0, 0.05) is 12.1 Å². The van der Waals surface area contributed by atoms with Crippen molar-refractivity contribution < 1.29 is 23.5 Å². The molecule has 0 unspecified atom stereocenters. The molecule has 8 heteroatoms. The number of carboxylic acid groups (broad SMARTS) is 1. The average molecular weight is 379 g/mol. The number of hydrazine groups is 1. The van der Waals surface area contributed by atoms with Crippen molar-refractivity contribution in [3.8, 4) is 0 Å². The van der Waals surface area contributed by atoms with Crippen LogP contribution in [0.25, 0.3) is 0 Å². The van der Waals surface area contributed by atoms with Gasteiger partial charge in [0.2, 0.25) is 0 Å². The number of allylic oxidation sites excluding steroid dienone is 3. The van der Waals surface area contributed by atoms with Crippen molar-refractivity contribution in [3.63, 3.8) is 0 Å². The van der Waals surface area contributed by atoms with Gasteiger partial charge in [0.1, 0.15) is 17.3 Å². The standard InChI is InChI=1S/C19H23F2N3O3/c1-4-5-15(10-17(19(26)27)24(22)13(3)12(2)20)18(25)23-11-14-6-8-16(21)9-7-14/h5-10H,4,11,22H2,1-3H3,(H,23,25)(H,26,27)/b13-12+,15-5-,17-10-. The number of carboxylic acids is 1. The number of carbonyl (C=O) groups is 2. The van der Waals surface area contributed by atoms with E-state index in [1.165, 1.54) is 37.3 Å². The van der Waals surface area contributed by atoms with Crippen LogP contribution in [0.1, 0.15) is 32.8 Å². The summed E-state index contributed by atoms with van der Waals surface area (Å²) in [7, 11) is 0. The molecule has 0 saturated carbocycles. The summed E-state index contributed by atoms with van der Waals surface area (Å²) in [6, 6.07) is 5.59. The van der Waals surface area contributed by atoms with Crippen molar-refractivity contribution >= 4 is 11.9 Å². The maximum absolute atomic E-state index is 13.4. The number of carbonyl (C=O) groups excluding carboxylic acids is 1. The summed E-state index contributed by atoms with van der Waals surface area (Å²) in [5, 5.41) is 12.7. The Hall–Kier alpha value is -3.00. The molecule has 0 aliphatic rings. The van der Waals surface area contributed by atoms with Gasteiger partial charge in [-0.1, -0.05) is 25.1 Å². The minimum atomic E-state index is -1.41. The highest BCUT2D eigenvalue weighted by Gasteiger charge is 2.19. The quantitative estimate of drug-likeness (QED) is 0.279.